The van der Waals surface area contributed by atoms with Gasteiger partial charge in [0.1, 0.15) is 24.9 Å². The number of carbonyl (C=O) groups excluding carboxylic acids is 1. The van der Waals surface area contributed by atoms with Crippen LogP contribution in [-0.2, 0) is 4.74 Å². The molecule has 0 aliphatic carbocycles. The van der Waals surface area contributed by atoms with Crippen LogP contribution in [0.5, 0.6) is 11.5 Å². The largest absolute Gasteiger partial charge is 0.486 e. The Labute approximate surface area is 121 Å². The van der Waals surface area contributed by atoms with Gasteiger partial charge in [0.25, 0.3) is 0 Å². The highest BCUT2D eigenvalue weighted by Crippen LogP contribution is 2.33. The van der Waals surface area contributed by atoms with Crippen molar-refractivity contribution in [3.05, 3.63) is 29.7 Å². The Hall–Kier alpha value is -2.70. The molecule has 0 amide bonds. The van der Waals surface area contributed by atoms with Crippen molar-refractivity contribution >= 4 is 11.8 Å². The van der Waals surface area contributed by atoms with E-state index in [1.165, 1.54) is 7.11 Å². The Morgan fingerprint density at radius 3 is 2.76 bits per heavy atom. The molecule has 0 saturated carbocycles. The fourth-order valence-electron chi connectivity index (χ4n) is 2.29. The molecule has 2 N–H and O–H groups in total. The molecule has 1 aromatic carbocycles. The minimum atomic E-state index is -0.563. The fourth-order valence-corrected chi connectivity index (χ4v) is 2.29. The maximum Gasteiger partial charge on any atom is 0.360 e. The highest BCUT2D eigenvalue weighted by Gasteiger charge is 2.21. The number of anilines is 1. The molecule has 0 atom stereocenters. The average Bonchev–Trinajstić information content (AvgIpc) is 2.81. The third-order valence-corrected chi connectivity index (χ3v) is 3.24. The number of hydrogen-bond acceptors (Lipinski definition) is 6. The van der Waals surface area contributed by atoms with Gasteiger partial charge in [-0.1, -0.05) is 0 Å². The molecule has 0 spiro atoms. The number of benzene rings is 1. The van der Waals surface area contributed by atoms with Gasteiger partial charge in [0.2, 0.25) is 0 Å². The van der Waals surface area contributed by atoms with E-state index in [0.717, 1.165) is 5.69 Å². The van der Waals surface area contributed by atoms with E-state index in [9.17, 15) is 4.79 Å². The van der Waals surface area contributed by atoms with Crippen molar-refractivity contribution < 1.29 is 19.0 Å². The summed E-state index contributed by atoms with van der Waals surface area (Å²) >= 11 is 0. The molecular formula is C14H15N3O4. The molecule has 21 heavy (non-hydrogen) atoms. The first-order valence-electron chi connectivity index (χ1n) is 6.45. The molecule has 0 unspecified atom stereocenters. The van der Waals surface area contributed by atoms with Crippen LogP contribution in [0.4, 0.5) is 5.82 Å². The number of carbonyl (C=O) groups is 1. The van der Waals surface area contributed by atoms with Crippen LogP contribution < -0.4 is 15.2 Å². The number of fused-ring (bicyclic) bond motifs is 1. The first-order chi connectivity index (χ1) is 10.1. The maximum absolute atomic E-state index is 11.6. The van der Waals surface area contributed by atoms with Crippen LogP contribution in [0, 0.1) is 6.92 Å². The smallest absolute Gasteiger partial charge is 0.360 e. The molecule has 7 heteroatoms. The lowest BCUT2D eigenvalue weighted by atomic mass is 10.2. The molecule has 0 saturated heterocycles. The van der Waals surface area contributed by atoms with E-state index in [4.69, 9.17) is 15.2 Å². The second-order valence-corrected chi connectivity index (χ2v) is 4.55. The molecule has 0 fully saturated rings. The zero-order chi connectivity index (χ0) is 15.0. The lowest BCUT2D eigenvalue weighted by molar-refractivity contribution is 0.0596. The number of nitrogens with two attached hydrogens (primary N) is 1. The van der Waals surface area contributed by atoms with Gasteiger partial charge in [-0.25, -0.2) is 9.78 Å². The van der Waals surface area contributed by atoms with Gasteiger partial charge < -0.3 is 19.9 Å². The molecule has 1 aliphatic heterocycles. The third-order valence-electron chi connectivity index (χ3n) is 3.24. The van der Waals surface area contributed by atoms with Crippen LogP contribution in [0.15, 0.2) is 18.2 Å². The number of esters is 1. The lowest BCUT2D eigenvalue weighted by Crippen LogP contribution is -2.15. The maximum atomic E-state index is 11.6. The van der Waals surface area contributed by atoms with Gasteiger partial charge in [0, 0.05) is 6.07 Å². The molecule has 3 rings (SSSR count). The number of nitrogens with zero attached hydrogens (tertiary/aromatic N) is 2. The van der Waals surface area contributed by atoms with Crippen molar-refractivity contribution in [3.63, 3.8) is 0 Å². The SMILES string of the molecule is COC(=O)c1nc(C)n(-c2ccc3c(c2)OCCO3)c1N. The predicted octanol–water partition coefficient (Wildman–Crippen LogP) is 1.32. The number of aryl methyl sites for hydroxylation is 1. The van der Waals surface area contributed by atoms with Crippen LogP contribution in [0.1, 0.15) is 16.3 Å². The van der Waals surface area contributed by atoms with Crippen LogP contribution in [-0.4, -0.2) is 35.8 Å². The summed E-state index contributed by atoms with van der Waals surface area (Å²) in [6, 6.07) is 5.45. The van der Waals surface area contributed by atoms with Gasteiger partial charge in [-0.15, -0.1) is 0 Å². The van der Waals surface area contributed by atoms with Crippen molar-refractivity contribution in [2.75, 3.05) is 26.1 Å². The third kappa shape index (κ3) is 2.16. The summed E-state index contributed by atoms with van der Waals surface area (Å²) in [6.45, 7) is 2.80. The van der Waals surface area contributed by atoms with Crippen LogP contribution >= 0.6 is 0 Å². The van der Waals surface area contributed by atoms with Gasteiger partial charge in [0.05, 0.1) is 12.8 Å². The van der Waals surface area contributed by atoms with Crippen LogP contribution in [0.25, 0.3) is 5.69 Å². The number of methoxy groups -OCH3 is 1. The number of rotatable bonds is 2. The van der Waals surface area contributed by atoms with E-state index in [2.05, 4.69) is 9.72 Å². The quantitative estimate of drug-likeness (QED) is 0.839. The minimum absolute atomic E-state index is 0.102. The standard InChI is InChI=1S/C14H15N3O4/c1-8-16-12(14(18)19-2)13(15)17(8)9-3-4-10-11(7-9)21-6-5-20-10/h3-4,7H,5-6,15H2,1-2H3. The first kappa shape index (κ1) is 13.3. The summed E-state index contributed by atoms with van der Waals surface area (Å²) in [7, 11) is 1.29. The van der Waals surface area contributed by atoms with Crippen LogP contribution in [0.3, 0.4) is 0 Å². The van der Waals surface area contributed by atoms with Gasteiger partial charge in [-0.05, 0) is 19.1 Å². The number of imidazole rings is 1. The molecule has 2 aromatic rings. The predicted molar refractivity (Wildman–Crippen MR) is 75.0 cm³/mol. The van der Waals surface area contributed by atoms with Crippen molar-refractivity contribution in [2.24, 2.45) is 0 Å². The van der Waals surface area contributed by atoms with Crippen LogP contribution in [0.2, 0.25) is 0 Å². The number of nitrogen functional groups attached to an aromatic ring is 1. The van der Waals surface area contributed by atoms with Crippen molar-refractivity contribution in [3.8, 4) is 17.2 Å². The molecule has 1 aliphatic rings. The van der Waals surface area contributed by atoms with Gasteiger partial charge >= 0.3 is 5.97 Å². The Morgan fingerprint density at radius 1 is 1.33 bits per heavy atom. The second kappa shape index (κ2) is 5.01. The number of ether oxygens (including phenoxy) is 3. The molecular weight excluding hydrogens is 274 g/mol. The fraction of sp³-hybridized carbons (Fsp3) is 0.286. The van der Waals surface area contributed by atoms with E-state index in [1.807, 2.05) is 6.07 Å². The van der Waals surface area contributed by atoms with Gasteiger partial charge in [-0.3, -0.25) is 4.57 Å². The van der Waals surface area contributed by atoms with Crippen molar-refractivity contribution in [2.45, 2.75) is 6.92 Å². The minimum Gasteiger partial charge on any atom is -0.486 e. The van der Waals surface area contributed by atoms with Crippen molar-refractivity contribution in [1.29, 1.82) is 0 Å². The second-order valence-electron chi connectivity index (χ2n) is 4.55. The molecule has 1 aromatic heterocycles. The molecule has 0 bridgehead atoms. The molecule has 110 valence electrons. The summed E-state index contributed by atoms with van der Waals surface area (Å²) in [5.74, 6) is 1.59. The molecule has 0 radical (unpaired) electrons. The van der Waals surface area contributed by atoms with Gasteiger partial charge in [0.15, 0.2) is 17.2 Å². The normalized spacial score (nSPS) is 13.0. The zero-order valence-corrected chi connectivity index (χ0v) is 11.8. The van der Waals surface area contributed by atoms with E-state index >= 15 is 0 Å². The monoisotopic (exact) mass is 289 g/mol. The Balaban J connectivity index is 2.08. The zero-order valence-electron chi connectivity index (χ0n) is 11.8. The summed E-state index contributed by atoms with van der Waals surface area (Å²) in [6.07, 6.45) is 0. The molecule has 2 heterocycles. The Bertz CT molecular complexity index is 708. The lowest BCUT2D eigenvalue weighted by Gasteiger charge is -2.19. The number of hydrogen-bond donors (Lipinski definition) is 1. The van der Waals surface area contributed by atoms with E-state index in [0.29, 0.717) is 30.5 Å². The molecule has 7 nitrogen and oxygen atoms in total. The Morgan fingerprint density at radius 2 is 2.05 bits per heavy atom. The first-order valence-corrected chi connectivity index (χ1v) is 6.45. The van der Waals surface area contributed by atoms with Gasteiger partial charge in [-0.2, -0.15) is 0 Å². The van der Waals surface area contributed by atoms with E-state index in [-0.39, 0.29) is 11.5 Å². The topological polar surface area (TPSA) is 88.6 Å². The van der Waals surface area contributed by atoms with Crippen molar-refractivity contribution in [1.82, 2.24) is 9.55 Å². The highest BCUT2D eigenvalue weighted by atomic mass is 16.6. The summed E-state index contributed by atoms with van der Waals surface area (Å²) in [4.78, 5) is 15.8. The summed E-state index contributed by atoms with van der Waals surface area (Å²) < 4.78 is 17.4. The summed E-state index contributed by atoms with van der Waals surface area (Å²) in [5.41, 5.74) is 6.87. The average molecular weight is 289 g/mol. The number of aromatic nitrogens is 2. The highest BCUT2D eigenvalue weighted by molar-refractivity contribution is 5.92. The summed E-state index contributed by atoms with van der Waals surface area (Å²) in [5, 5.41) is 0. The Kier molecular flexibility index (Phi) is 3.17. The van der Waals surface area contributed by atoms with E-state index in [1.54, 1.807) is 23.6 Å². The van der Waals surface area contributed by atoms with E-state index < -0.39 is 5.97 Å².